The molecule has 3 aromatic rings. The molecule has 0 saturated carbocycles. The number of benzene rings is 1. The number of likely N-dealkylation sites (tertiary alicyclic amines) is 1. The van der Waals surface area contributed by atoms with Crippen LogP contribution >= 0.6 is 23.1 Å². The second kappa shape index (κ2) is 9.37. The number of hydrogen-bond donors (Lipinski definition) is 0. The van der Waals surface area contributed by atoms with Crippen molar-refractivity contribution < 1.29 is 13.9 Å². The zero-order valence-electron chi connectivity index (χ0n) is 15.7. The van der Waals surface area contributed by atoms with E-state index in [0.717, 1.165) is 41.7 Å². The lowest BCUT2D eigenvalue weighted by Crippen LogP contribution is -2.27. The first-order valence-corrected chi connectivity index (χ1v) is 11.2. The van der Waals surface area contributed by atoms with Crippen LogP contribution in [0.4, 0.5) is 4.39 Å². The fourth-order valence-electron chi connectivity index (χ4n) is 3.00. The number of aromatic nitrogens is 2. The molecule has 4 rings (SSSR count). The fraction of sp³-hybridized carbons (Fsp3) is 0.286. The first-order chi connectivity index (χ1) is 14.2. The van der Waals surface area contributed by atoms with Crippen LogP contribution in [0, 0.1) is 5.82 Å². The Labute approximate surface area is 176 Å². The minimum Gasteiger partial charge on any atom is -0.486 e. The van der Waals surface area contributed by atoms with E-state index in [1.54, 1.807) is 30.1 Å². The predicted molar refractivity (Wildman–Crippen MR) is 112 cm³/mol. The predicted octanol–water partition coefficient (Wildman–Crippen LogP) is 4.78. The highest BCUT2D eigenvalue weighted by Gasteiger charge is 2.19. The van der Waals surface area contributed by atoms with Crippen LogP contribution in [0.5, 0.6) is 5.75 Å². The van der Waals surface area contributed by atoms with E-state index in [9.17, 15) is 9.18 Å². The molecule has 0 spiro atoms. The van der Waals surface area contributed by atoms with Crippen molar-refractivity contribution in [3.05, 3.63) is 70.1 Å². The van der Waals surface area contributed by atoms with Gasteiger partial charge < -0.3 is 9.64 Å². The third kappa shape index (κ3) is 5.33. The maximum Gasteiger partial charge on any atom is 0.255 e. The van der Waals surface area contributed by atoms with Crippen LogP contribution in [0.2, 0.25) is 0 Å². The zero-order chi connectivity index (χ0) is 20.1. The Hall–Kier alpha value is -2.45. The molecule has 0 N–H and O–H groups in total. The summed E-state index contributed by atoms with van der Waals surface area (Å²) in [4.78, 5) is 23.2. The van der Waals surface area contributed by atoms with Crippen LogP contribution in [0.15, 0.2) is 53.0 Å². The highest BCUT2D eigenvalue weighted by atomic mass is 32.2. The quantitative estimate of drug-likeness (QED) is 0.506. The largest absolute Gasteiger partial charge is 0.486 e. The minimum absolute atomic E-state index is 0.0665. The van der Waals surface area contributed by atoms with E-state index in [1.807, 2.05) is 22.4 Å². The minimum atomic E-state index is -0.284. The third-order valence-electron chi connectivity index (χ3n) is 4.52. The van der Waals surface area contributed by atoms with Crippen molar-refractivity contribution >= 4 is 29.0 Å². The number of halogens is 1. The normalized spacial score (nSPS) is 13.6. The SMILES string of the molecule is O=C(c1ccc(SCc2csc(COc3ccc(F)cc3)n2)nc1)N1CCCC1. The molecule has 1 aliphatic rings. The lowest BCUT2D eigenvalue weighted by atomic mass is 10.2. The maximum atomic E-state index is 12.9. The number of carbonyl (C=O) groups is 1. The second-order valence-corrected chi connectivity index (χ2v) is 8.59. The van der Waals surface area contributed by atoms with Crippen molar-refractivity contribution in [3.63, 3.8) is 0 Å². The molecule has 1 aliphatic heterocycles. The number of pyridine rings is 1. The van der Waals surface area contributed by atoms with Gasteiger partial charge in [0, 0.05) is 30.4 Å². The highest BCUT2D eigenvalue weighted by molar-refractivity contribution is 7.98. The topological polar surface area (TPSA) is 55.3 Å². The molecule has 5 nitrogen and oxygen atoms in total. The molecule has 1 aromatic carbocycles. The maximum absolute atomic E-state index is 12.9. The van der Waals surface area contributed by atoms with Gasteiger partial charge in [-0.3, -0.25) is 4.79 Å². The van der Waals surface area contributed by atoms with Gasteiger partial charge >= 0.3 is 0 Å². The average molecular weight is 430 g/mol. The van der Waals surface area contributed by atoms with Gasteiger partial charge in [0.2, 0.25) is 0 Å². The lowest BCUT2D eigenvalue weighted by molar-refractivity contribution is 0.0792. The van der Waals surface area contributed by atoms with Crippen molar-refractivity contribution in [3.8, 4) is 5.75 Å². The van der Waals surface area contributed by atoms with Gasteiger partial charge in [-0.1, -0.05) is 0 Å². The summed E-state index contributed by atoms with van der Waals surface area (Å²) in [5.74, 6) is 1.09. The zero-order valence-corrected chi connectivity index (χ0v) is 17.3. The fourth-order valence-corrected chi connectivity index (χ4v) is 4.55. The molecule has 29 heavy (non-hydrogen) atoms. The van der Waals surface area contributed by atoms with Gasteiger partial charge in [-0.05, 0) is 49.2 Å². The Kier molecular flexibility index (Phi) is 6.41. The number of rotatable bonds is 7. The van der Waals surface area contributed by atoms with Gasteiger partial charge in [-0.15, -0.1) is 23.1 Å². The van der Waals surface area contributed by atoms with Crippen LogP contribution in [0.1, 0.15) is 33.9 Å². The third-order valence-corrected chi connectivity index (χ3v) is 6.37. The molecular formula is C21H20FN3O2S2. The summed E-state index contributed by atoms with van der Waals surface area (Å²) in [6, 6.07) is 9.68. The summed E-state index contributed by atoms with van der Waals surface area (Å²) < 4.78 is 18.5. The first kappa shape index (κ1) is 19.8. The Morgan fingerprint density at radius 3 is 2.69 bits per heavy atom. The van der Waals surface area contributed by atoms with E-state index < -0.39 is 0 Å². The van der Waals surface area contributed by atoms with Crippen molar-refractivity contribution in [1.82, 2.24) is 14.9 Å². The molecule has 150 valence electrons. The smallest absolute Gasteiger partial charge is 0.255 e. The Morgan fingerprint density at radius 1 is 1.17 bits per heavy atom. The van der Waals surface area contributed by atoms with Crippen LogP contribution in [-0.4, -0.2) is 33.9 Å². The van der Waals surface area contributed by atoms with E-state index in [0.29, 0.717) is 23.7 Å². The van der Waals surface area contributed by atoms with Gasteiger partial charge in [-0.25, -0.2) is 14.4 Å². The number of thiazole rings is 1. The van der Waals surface area contributed by atoms with Crippen molar-refractivity contribution in [2.45, 2.75) is 30.2 Å². The molecular weight excluding hydrogens is 409 g/mol. The van der Waals surface area contributed by atoms with E-state index in [2.05, 4.69) is 9.97 Å². The molecule has 0 bridgehead atoms. The van der Waals surface area contributed by atoms with Gasteiger partial charge in [0.15, 0.2) is 0 Å². The number of amides is 1. The molecule has 3 heterocycles. The van der Waals surface area contributed by atoms with Crippen LogP contribution in [0.3, 0.4) is 0 Å². The van der Waals surface area contributed by atoms with Gasteiger partial charge in [0.25, 0.3) is 5.91 Å². The molecule has 1 amide bonds. The summed E-state index contributed by atoms with van der Waals surface area (Å²) >= 11 is 3.11. The number of hydrogen-bond acceptors (Lipinski definition) is 6. The number of carbonyl (C=O) groups excluding carboxylic acids is 1. The van der Waals surface area contributed by atoms with Gasteiger partial charge in [-0.2, -0.15) is 0 Å². The highest BCUT2D eigenvalue weighted by Crippen LogP contribution is 2.23. The van der Waals surface area contributed by atoms with Crippen LogP contribution in [0.25, 0.3) is 0 Å². The van der Waals surface area contributed by atoms with Gasteiger partial charge in [0.1, 0.15) is 23.2 Å². The summed E-state index contributed by atoms with van der Waals surface area (Å²) in [6.45, 7) is 2.03. The summed E-state index contributed by atoms with van der Waals surface area (Å²) in [6.07, 6.45) is 3.82. The molecule has 0 atom stereocenters. The Morgan fingerprint density at radius 2 is 1.97 bits per heavy atom. The first-order valence-electron chi connectivity index (χ1n) is 9.37. The average Bonchev–Trinajstić information content (AvgIpc) is 3.44. The molecule has 0 aliphatic carbocycles. The van der Waals surface area contributed by atoms with Gasteiger partial charge in [0.05, 0.1) is 16.3 Å². The van der Waals surface area contributed by atoms with Crippen LogP contribution < -0.4 is 4.74 Å². The van der Waals surface area contributed by atoms with Crippen molar-refractivity contribution in [2.75, 3.05) is 13.1 Å². The van der Waals surface area contributed by atoms with Crippen LogP contribution in [-0.2, 0) is 12.4 Å². The monoisotopic (exact) mass is 429 g/mol. The van der Waals surface area contributed by atoms with E-state index in [-0.39, 0.29) is 11.7 Å². The number of nitrogens with zero attached hydrogens (tertiary/aromatic N) is 3. The van der Waals surface area contributed by atoms with E-state index in [1.165, 1.54) is 23.5 Å². The number of thioether (sulfide) groups is 1. The van der Waals surface area contributed by atoms with E-state index in [4.69, 9.17) is 4.74 Å². The summed E-state index contributed by atoms with van der Waals surface area (Å²) in [7, 11) is 0. The molecule has 0 unspecified atom stereocenters. The summed E-state index contributed by atoms with van der Waals surface area (Å²) in [5.41, 5.74) is 1.60. The van der Waals surface area contributed by atoms with Crippen molar-refractivity contribution in [1.29, 1.82) is 0 Å². The second-order valence-electron chi connectivity index (χ2n) is 6.65. The molecule has 1 fully saturated rings. The number of ether oxygens (including phenoxy) is 1. The molecule has 8 heteroatoms. The standard InChI is InChI=1S/C21H20FN3O2S2/c22-16-4-6-18(7-5-16)27-12-20-24-17(14-29-20)13-28-19-8-3-15(11-23-19)21(26)25-9-1-2-10-25/h3-8,11,14H,1-2,9-10,12-13H2. The summed E-state index contributed by atoms with van der Waals surface area (Å²) in [5, 5.41) is 3.73. The Balaban J connectivity index is 1.27. The lowest BCUT2D eigenvalue weighted by Gasteiger charge is -2.14. The van der Waals surface area contributed by atoms with E-state index >= 15 is 0 Å². The van der Waals surface area contributed by atoms with Crippen molar-refractivity contribution in [2.24, 2.45) is 0 Å². The molecule has 2 aromatic heterocycles. The molecule has 1 saturated heterocycles. The molecule has 0 radical (unpaired) electrons. The Bertz CT molecular complexity index is 955.